The smallest absolute Gasteiger partial charge is 0.274 e. The van der Waals surface area contributed by atoms with Gasteiger partial charge in [-0.2, -0.15) is 0 Å². The molecule has 0 radical (unpaired) electrons. The third-order valence-corrected chi connectivity index (χ3v) is 3.42. The van der Waals surface area contributed by atoms with Crippen molar-refractivity contribution in [3.8, 4) is 0 Å². The second-order valence-corrected chi connectivity index (χ2v) is 5.71. The molecule has 0 aliphatic heterocycles. The van der Waals surface area contributed by atoms with Gasteiger partial charge in [0, 0.05) is 31.7 Å². The second-order valence-electron chi connectivity index (χ2n) is 5.71. The van der Waals surface area contributed by atoms with Crippen LogP contribution in [-0.4, -0.2) is 39.7 Å². The Balaban J connectivity index is 2.13. The van der Waals surface area contributed by atoms with Gasteiger partial charge in [-0.1, -0.05) is 13.8 Å². The summed E-state index contributed by atoms with van der Waals surface area (Å²) in [5.74, 6) is -0.534. The molecule has 0 spiro atoms. The van der Waals surface area contributed by atoms with E-state index in [1.165, 1.54) is 4.68 Å². The molecule has 124 valence electrons. The van der Waals surface area contributed by atoms with Crippen molar-refractivity contribution in [3.05, 3.63) is 27.7 Å². The van der Waals surface area contributed by atoms with Gasteiger partial charge >= 0.3 is 0 Å². The summed E-state index contributed by atoms with van der Waals surface area (Å²) in [7, 11) is 1.67. The van der Waals surface area contributed by atoms with E-state index < -0.39 is 0 Å². The van der Waals surface area contributed by atoms with Gasteiger partial charge in [-0.15, -0.1) is 0 Å². The summed E-state index contributed by atoms with van der Waals surface area (Å²) >= 11 is 0. The van der Waals surface area contributed by atoms with E-state index in [1.54, 1.807) is 33.9 Å². The molecule has 0 saturated carbocycles. The number of carbonyl (C=O) groups excluding carboxylic acids is 2. The van der Waals surface area contributed by atoms with Gasteiger partial charge in [0.05, 0.1) is 10.9 Å². The van der Waals surface area contributed by atoms with E-state index in [1.807, 2.05) is 0 Å². The molecule has 0 unspecified atom stereocenters. The first-order valence-electron chi connectivity index (χ1n) is 7.43. The molecule has 2 rings (SSSR count). The summed E-state index contributed by atoms with van der Waals surface area (Å²) in [4.78, 5) is 40.0. The van der Waals surface area contributed by atoms with Gasteiger partial charge in [0.2, 0.25) is 5.91 Å². The Hall–Kier alpha value is -2.64. The van der Waals surface area contributed by atoms with Crippen LogP contribution in [-0.2, 0) is 11.8 Å². The quantitative estimate of drug-likeness (QED) is 0.678. The highest BCUT2D eigenvalue weighted by Gasteiger charge is 2.17. The minimum atomic E-state index is -0.365. The molecule has 2 aromatic rings. The molecule has 0 fully saturated rings. The lowest BCUT2D eigenvalue weighted by Gasteiger charge is -2.09. The number of hydrogen-bond donors (Lipinski definition) is 3. The number of rotatable bonds is 5. The number of hydrogen-bond acceptors (Lipinski definition) is 4. The van der Waals surface area contributed by atoms with Crippen LogP contribution in [0.4, 0.5) is 0 Å². The molecule has 2 heterocycles. The van der Waals surface area contributed by atoms with E-state index in [0.717, 1.165) is 0 Å². The lowest BCUT2D eigenvalue weighted by atomic mass is 10.1. The highest BCUT2D eigenvalue weighted by Crippen LogP contribution is 2.14. The molecule has 0 atom stereocenters. The first kappa shape index (κ1) is 16.7. The summed E-state index contributed by atoms with van der Waals surface area (Å²) in [5, 5.41) is 8.28. The fraction of sp³-hybridized carbons (Fsp3) is 0.467. The molecule has 2 amide bonds. The van der Waals surface area contributed by atoms with Crippen molar-refractivity contribution in [3.63, 3.8) is 0 Å². The van der Waals surface area contributed by atoms with E-state index in [-0.39, 0.29) is 40.8 Å². The maximum atomic E-state index is 12.3. The van der Waals surface area contributed by atoms with Gasteiger partial charge in [-0.3, -0.25) is 24.2 Å². The molecule has 2 aromatic heterocycles. The minimum Gasteiger partial charge on any atom is -0.354 e. The number of pyridine rings is 1. The minimum absolute atomic E-state index is 0.0686. The Morgan fingerprint density at radius 2 is 1.96 bits per heavy atom. The Bertz CT molecular complexity index is 803. The second kappa shape index (κ2) is 6.64. The normalized spacial score (nSPS) is 11.0. The van der Waals surface area contributed by atoms with Gasteiger partial charge in [0.25, 0.3) is 11.5 Å². The highest BCUT2D eigenvalue weighted by molar-refractivity contribution is 6.05. The number of carbonyl (C=O) groups is 2. The number of fused-ring (bicyclic) bond motifs is 1. The first-order chi connectivity index (χ1) is 10.8. The molecule has 8 nitrogen and oxygen atoms in total. The Labute approximate surface area is 133 Å². The van der Waals surface area contributed by atoms with Crippen LogP contribution in [0.5, 0.6) is 0 Å². The topological polar surface area (TPSA) is 109 Å². The molecule has 23 heavy (non-hydrogen) atoms. The van der Waals surface area contributed by atoms with Gasteiger partial charge in [-0.05, 0) is 13.0 Å². The number of H-pyrrole nitrogens is 1. The van der Waals surface area contributed by atoms with Crippen LogP contribution in [0.3, 0.4) is 0 Å². The van der Waals surface area contributed by atoms with Gasteiger partial charge < -0.3 is 10.6 Å². The summed E-state index contributed by atoms with van der Waals surface area (Å²) in [6, 6.07) is 1.58. The van der Waals surface area contributed by atoms with Gasteiger partial charge in [-0.25, -0.2) is 4.98 Å². The van der Waals surface area contributed by atoms with Crippen LogP contribution in [0.2, 0.25) is 0 Å². The summed E-state index contributed by atoms with van der Waals surface area (Å²) in [5.41, 5.74) is 1.01. The van der Waals surface area contributed by atoms with E-state index in [0.29, 0.717) is 17.9 Å². The van der Waals surface area contributed by atoms with Crippen LogP contribution in [0, 0.1) is 12.8 Å². The zero-order valence-electron chi connectivity index (χ0n) is 13.7. The van der Waals surface area contributed by atoms with E-state index in [2.05, 4.69) is 20.7 Å². The Morgan fingerprint density at radius 1 is 1.30 bits per heavy atom. The third kappa shape index (κ3) is 3.58. The number of nitrogens with one attached hydrogen (secondary N) is 3. The number of aryl methyl sites for hydroxylation is 2. The van der Waals surface area contributed by atoms with Crippen molar-refractivity contribution in [2.45, 2.75) is 20.8 Å². The zero-order valence-corrected chi connectivity index (χ0v) is 13.7. The van der Waals surface area contributed by atoms with Crippen LogP contribution < -0.4 is 16.2 Å². The summed E-state index contributed by atoms with van der Waals surface area (Å²) in [6.45, 7) is 5.97. The maximum Gasteiger partial charge on any atom is 0.274 e. The number of nitrogens with zero attached hydrogens (tertiary/aromatic N) is 2. The van der Waals surface area contributed by atoms with Crippen molar-refractivity contribution in [1.29, 1.82) is 0 Å². The summed E-state index contributed by atoms with van der Waals surface area (Å²) in [6.07, 6.45) is 0. The fourth-order valence-electron chi connectivity index (χ4n) is 2.22. The first-order valence-corrected chi connectivity index (χ1v) is 7.43. The van der Waals surface area contributed by atoms with Gasteiger partial charge in [0.15, 0.2) is 5.65 Å². The molecule has 0 aromatic carbocycles. The number of aromatic amines is 1. The van der Waals surface area contributed by atoms with Crippen LogP contribution in [0.1, 0.15) is 29.9 Å². The van der Waals surface area contributed by atoms with Gasteiger partial charge in [0.1, 0.15) is 0 Å². The average molecular weight is 319 g/mol. The average Bonchev–Trinajstić information content (AvgIpc) is 2.76. The van der Waals surface area contributed by atoms with Crippen molar-refractivity contribution in [1.82, 2.24) is 25.4 Å². The molecule has 0 bridgehead atoms. The zero-order chi connectivity index (χ0) is 17.1. The van der Waals surface area contributed by atoms with Crippen molar-refractivity contribution < 1.29 is 9.59 Å². The monoisotopic (exact) mass is 319 g/mol. The van der Waals surface area contributed by atoms with E-state index in [4.69, 9.17) is 0 Å². The lowest BCUT2D eigenvalue weighted by Crippen LogP contribution is -2.36. The molecule has 8 heteroatoms. The fourth-order valence-corrected chi connectivity index (χ4v) is 2.22. The molecular weight excluding hydrogens is 298 g/mol. The Kier molecular flexibility index (Phi) is 4.83. The summed E-state index contributed by atoms with van der Waals surface area (Å²) < 4.78 is 1.49. The molecule has 0 aliphatic carbocycles. The van der Waals surface area contributed by atoms with Crippen molar-refractivity contribution >= 4 is 22.8 Å². The van der Waals surface area contributed by atoms with Crippen LogP contribution in [0.25, 0.3) is 11.0 Å². The predicted octanol–water partition coefficient (Wildman–Crippen LogP) is 0.0720. The predicted molar refractivity (Wildman–Crippen MR) is 86.3 cm³/mol. The lowest BCUT2D eigenvalue weighted by molar-refractivity contribution is -0.123. The van der Waals surface area contributed by atoms with Crippen LogP contribution >= 0.6 is 0 Å². The SMILES string of the molecule is Cc1cc(C(=O)NCCNC(=O)C(C)C)c2c(=O)[nH]n(C)c2n1. The third-order valence-electron chi connectivity index (χ3n) is 3.42. The molecule has 0 aliphatic rings. The highest BCUT2D eigenvalue weighted by atomic mass is 16.2. The molecule has 0 saturated heterocycles. The number of amides is 2. The van der Waals surface area contributed by atoms with Crippen molar-refractivity contribution in [2.24, 2.45) is 13.0 Å². The van der Waals surface area contributed by atoms with Crippen LogP contribution in [0.15, 0.2) is 10.9 Å². The Morgan fingerprint density at radius 3 is 2.61 bits per heavy atom. The largest absolute Gasteiger partial charge is 0.354 e. The van der Waals surface area contributed by atoms with Crippen molar-refractivity contribution in [2.75, 3.05) is 13.1 Å². The maximum absolute atomic E-state index is 12.3. The van der Waals surface area contributed by atoms with E-state index >= 15 is 0 Å². The van der Waals surface area contributed by atoms with E-state index in [9.17, 15) is 14.4 Å². The standard InChI is InChI=1S/C15H21N5O3/c1-8(2)13(21)16-5-6-17-14(22)10-7-9(3)18-12-11(10)15(23)19-20(12)4/h7-8H,5-6H2,1-4H3,(H,16,21)(H,17,22)(H,19,23). The molecule has 3 N–H and O–H groups in total. The molecular formula is C15H21N5O3. The number of aromatic nitrogens is 3.